The highest BCUT2D eigenvalue weighted by Crippen LogP contribution is 2.52. The molecule has 1 saturated carbocycles. The average Bonchev–Trinajstić information content (AvgIpc) is 3.66. The van der Waals surface area contributed by atoms with Gasteiger partial charge in [-0.25, -0.2) is 23.3 Å². The van der Waals surface area contributed by atoms with Gasteiger partial charge in [0, 0.05) is 48.2 Å². The second kappa shape index (κ2) is 14.6. The summed E-state index contributed by atoms with van der Waals surface area (Å²) in [5.74, 6) is -0.199. The summed E-state index contributed by atoms with van der Waals surface area (Å²) in [7, 11) is 0. The van der Waals surface area contributed by atoms with Gasteiger partial charge < -0.3 is 24.8 Å². The van der Waals surface area contributed by atoms with Crippen molar-refractivity contribution in [2.75, 3.05) is 49.6 Å². The van der Waals surface area contributed by atoms with Gasteiger partial charge in [-0.3, -0.25) is 14.5 Å². The summed E-state index contributed by atoms with van der Waals surface area (Å²) in [4.78, 5) is 42.4. The number of pyridine rings is 1. The number of aryl methyl sites for hydroxylation is 1. The Labute approximate surface area is 332 Å². The number of nitrogens with one attached hydrogen (secondary N) is 2. The van der Waals surface area contributed by atoms with Crippen LogP contribution < -0.4 is 15.5 Å². The van der Waals surface area contributed by atoms with Crippen molar-refractivity contribution in [1.29, 1.82) is 0 Å². The average molecular weight is 780 g/mol. The summed E-state index contributed by atoms with van der Waals surface area (Å²) in [5, 5.41) is 6.17. The van der Waals surface area contributed by atoms with Gasteiger partial charge in [0.15, 0.2) is 24.2 Å². The molecule has 4 aliphatic heterocycles. The molecule has 5 aliphatic rings. The summed E-state index contributed by atoms with van der Waals surface area (Å²) in [6.45, 7) is 14.1. The molecule has 0 unspecified atom stereocenters. The highest BCUT2D eigenvalue weighted by atomic mass is 19.1. The molecule has 2 aromatic carbocycles. The van der Waals surface area contributed by atoms with Crippen LogP contribution in [0.15, 0.2) is 42.7 Å². The van der Waals surface area contributed by atoms with Crippen molar-refractivity contribution in [3.8, 4) is 11.3 Å². The highest BCUT2D eigenvalue weighted by molar-refractivity contribution is 6.11. The molecule has 13 heteroatoms. The van der Waals surface area contributed by atoms with Crippen LogP contribution >= 0.6 is 0 Å². The van der Waals surface area contributed by atoms with Gasteiger partial charge in [-0.15, -0.1) is 0 Å². The van der Waals surface area contributed by atoms with Gasteiger partial charge in [0.05, 0.1) is 53.9 Å². The van der Waals surface area contributed by atoms with E-state index in [9.17, 15) is 14.0 Å². The van der Waals surface area contributed by atoms with Crippen LogP contribution in [0, 0.1) is 12.7 Å². The second-order valence-electron chi connectivity index (χ2n) is 17.4. The predicted molar refractivity (Wildman–Crippen MR) is 217 cm³/mol. The van der Waals surface area contributed by atoms with Crippen molar-refractivity contribution in [3.63, 3.8) is 0 Å². The standard InChI is InChI=1S/C44H52F2N8O3/c1-25(2)48-42(55)33-19-37(35(46)15-27(33)5)50-41-40-38(47-24-53(40)26(3)4)20-36(49-41)28-8-9-34-39(16-28)54(31-17-30(18-31)52-12-6-7-29(45)21-52)43(56)44(34)10-13-51(14-11-44)32-22-57-23-32/h8-9,15-16,19-20,24-26,29,31-32H,6-7,10-14,17-18,21-23H2,1-5H3,(H-,48,49,50,55)/p+1/t29-,31?/m1/s1. The Hall–Kier alpha value is -4.75. The molecule has 2 N–H and O–H groups in total. The van der Waals surface area contributed by atoms with E-state index in [0.29, 0.717) is 52.7 Å². The number of hydrogen-bond donors (Lipinski definition) is 2. The summed E-state index contributed by atoms with van der Waals surface area (Å²) in [5.41, 5.74) is 6.50. The maximum absolute atomic E-state index is 15.7. The molecule has 4 aromatic rings. The zero-order chi connectivity index (χ0) is 39.7. The Morgan fingerprint density at radius 2 is 1.82 bits per heavy atom. The fourth-order valence-corrected chi connectivity index (χ4v) is 9.61. The number of rotatable bonds is 8. The predicted octanol–water partition coefficient (Wildman–Crippen LogP) is 6.84. The minimum Gasteiger partial charge on any atom is -0.378 e. The molecule has 0 radical (unpaired) electrons. The molecule has 11 nitrogen and oxygen atoms in total. The monoisotopic (exact) mass is 779 g/mol. The number of imidazole rings is 1. The fourth-order valence-electron chi connectivity index (χ4n) is 9.61. The molecule has 2 aromatic heterocycles. The third-order valence-corrected chi connectivity index (χ3v) is 12.9. The minimum absolute atomic E-state index is 0.0000591. The number of ether oxygens (including phenoxy) is 1. The second-order valence-corrected chi connectivity index (χ2v) is 17.4. The quantitative estimate of drug-likeness (QED) is 0.189. The minimum atomic E-state index is -0.804. The van der Waals surface area contributed by atoms with E-state index in [1.165, 1.54) is 11.8 Å². The van der Waals surface area contributed by atoms with Crippen LogP contribution in [0.1, 0.15) is 93.7 Å². The maximum Gasteiger partial charge on any atom is 0.251 e. The van der Waals surface area contributed by atoms with Crippen molar-refractivity contribution >= 4 is 45.8 Å². The van der Waals surface area contributed by atoms with Gasteiger partial charge in [-0.05, 0) is 102 Å². The Morgan fingerprint density at radius 1 is 1.05 bits per heavy atom. The molecule has 6 heterocycles. The lowest BCUT2D eigenvalue weighted by molar-refractivity contribution is -0.548. The normalized spacial score (nSPS) is 22.4. The van der Waals surface area contributed by atoms with E-state index in [-0.39, 0.29) is 35.6 Å². The van der Waals surface area contributed by atoms with Crippen LogP contribution in [-0.4, -0.2) is 105 Å². The zero-order valence-electron chi connectivity index (χ0n) is 33.6. The van der Waals surface area contributed by atoms with Crippen LogP contribution in [0.4, 0.5) is 26.0 Å². The first-order valence-corrected chi connectivity index (χ1v) is 20.7. The number of likely N-dealkylation sites (tertiary alicyclic amines) is 1. The molecular weight excluding hydrogens is 727 g/mol. The van der Waals surface area contributed by atoms with Crippen molar-refractivity contribution < 1.29 is 27.7 Å². The zero-order valence-corrected chi connectivity index (χ0v) is 33.6. The molecule has 4 fully saturated rings. The lowest BCUT2D eigenvalue weighted by Gasteiger charge is -2.45. The third kappa shape index (κ3) is 6.60. The number of nitrogens with zero attached hydrogens (tertiary/aromatic N) is 6. The van der Waals surface area contributed by atoms with Crippen LogP contribution in [0.25, 0.3) is 22.3 Å². The van der Waals surface area contributed by atoms with E-state index < -0.39 is 17.4 Å². The van der Waals surface area contributed by atoms with Crippen molar-refractivity contribution in [1.82, 2.24) is 24.8 Å². The first kappa shape index (κ1) is 37.8. The molecule has 2 amide bonds. The molecule has 3 saturated heterocycles. The Balaban J connectivity index is 1.11. The van der Waals surface area contributed by atoms with Gasteiger partial charge in [0.2, 0.25) is 5.91 Å². The van der Waals surface area contributed by atoms with Gasteiger partial charge in [0.25, 0.3) is 5.91 Å². The number of carbonyl (C=O) groups excluding carboxylic acids is 2. The summed E-state index contributed by atoms with van der Waals surface area (Å²) in [6.07, 6.45) is 5.41. The maximum atomic E-state index is 15.7. The number of fused-ring (bicyclic) bond motifs is 3. The van der Waals surface area contributed by atoms with Crippen molar-refractivity contribution in [2.45, 2.75) is 109 Å². The summed E-state index contributed by atoms with van der Waals surface area (Å²) < 4.78 is 39.8. The van der Waals surface area contributed by atoms with Gasteiger partial charge >= 0.3 is 0 Å². The number of halogens is 2. The van der Waals surface area contributed by atoms with Crippen LogP contribution in [-0.2, 0) is 14.9 Å². The number of benzene rings is 2. The van der Waals surface area contributed by atoms with Crippen LogP contribution in [0.3, 0.4) is 0 Å². The molecule has 1 atom stereocenters. The number of amides is 2. The first-order valence-electron chi connectivity index (χ1n) is 20.7. The number of aromatic nitrogens is 3. The third-order valence-electron chi connectivity index (χ3n) is 12.9. The Kier molecular flexibility index (Phi) is 9.66. The van der Waals surface area contributed by atoms with E-state index in [4.69, 9.17) is 14.7 Å². The highest BCUT2D eigenvalue weighted by Gasteiger charge is 2.56. The van der Waals surface area contributed by atoms with E-state index in [2.05, 4.69) is 57.1 Å². The first-order chi connectivity index (χ1) is 27.4. The van der Waals surface area contributed by atoms with Crippen LogP contribution in [0.2, 0.25) is 0 Å². The lowest BCUT2D eigenvalue weighted by atomic mass is 9.73. The molecule has 57 heavy (non-hydrogen) atoms. The number of alkyl halides is 1. The van der Waals surface area contributed by atoms with Crippen molar-refractivity contribution in [3.05, 3.63) is 65.2 Å². The topological polar surface area (TPSA) is 108 Å². The largest absolute Gasteiger partial charge is 0.378 e. The molecule has 0 bridgehead atoms. The Bertz CT molecular complexity index is 2280. The van der Waals surface area contributed by atoms with Gasteiger partial charge in [0.1, 0.15) is 17.9 Å². The number of anilines is 3. The number of piperidine rings is 2. The SMILES string of the molecule is Cc1cc(F)c(Nc2nc(-c3ccc4c(c3)N(C3CC(=[N+]5CCC[C@@H](F)C5)C3)C(=O)C43CCN(C4COC4)CC3)cc3ncn(C(C)C)c23)cc1C(=O)NC(C)C. The Morgan fingerprint density at radius 3 is 2.51 bits per heavy atom. The smallest absolute Gasteiger partial charge is 0.251 e. The number of carbonyl (C=O) groups is 2. The van der Waals surface area contributed by atoms with Crippen LogP contribution in [0.5, 0.6) is 0 Å². The fraction of sp³-hybridized carbons (Fsp3) is 0.523. The van der Waals surface area contributed by atoms with Crippen molar-refractivity contribution in [2.24, 2.45) is 0 Å². The molecule has 300 valence electrons. The van der Waals surface area contributed by atoms with E-state index in [1.54, 1.807) is 19.3 Å². The lowest BCUT2D eigenvalue weighted by Crippen LogP contribution is -2.58. The van der Waals surface area contributed by atoms with E-state index in [1.807, 2.05) is 24.5 Å². The van der Waals surface area contributed by atoms with E-state index >= 15 is 4.39 Å². The summed E-state index contributed by atoms with van der Waals surface area (Å²) >= 11 is 0. The number of hydrogen-bond acceptors (Lipinski definition) is 7. The molecule has 1 aliphatic carbocycles. The van der Waals surface area contributed by atoms with E-state index in [0.717, 1.165) is 81.8 Å². The molecular formula is C44H53F2N8O3+. The summed E-state index contributed by atoms with van der Waals surface area (Å²) in [6, 6.07) is 11.5. The molecule has 1 spiro atoms. The van der Waals surface area contributed by atoms with Gasteiger partial charge in [-0.2, -0.15) is 0 Å². The molecule has 9 rings (SSSR count). The van der Waals surface area contributed by atoms with Gasteiger partial charge in [-0.1, -0.05) is 12.1 Å².